The molecule has 0 bridgehead atoms. The molecule has 0 radical (unpaired) electrons. The van der Waals surface area contributed by atoms with Gasteiger partial charge in [0.2, 0.25) is 0 Å². The highest BCUT2D eigenvalue weighted by Gasteiger charge is 2.11. The quantitative estimate of drug-likeness (QED) is 0.831. The first kappa shape index (κ1) is 13.0. The summed E-state index contributed by atoms with van der Waals surface area (Å²) in [5.41, 5.74) is 7.06. The lowest BCUT2D eigenvalue weighted by atomic mass is 10.1. The molecule has 3 heteroatoms. The van der Waals surface area contributed by atoms with Crippen LogP contribution in [-0.2, 0) is 0 Å². The molecule has 0 aliphatic heterocycles. The van der Waals surface area contributed by atoms with Gasteiger partial charge < -0.3 is 10.6 Å². The summed E-state index contributed by atoms with van der Waals surface area (Å²) >= 11 is 0. The average Bonchev–Trinajstić information content (AvgIpc) is 2.25. The van der Waals surface area contributed by atoms with E-state index in [0.29, 0.717) is 5.92 Å². The van der Waals surface area contributed by atoms with Crippen LogP contribution in [0.3, 0.4) is 0 Å². The van der Waals surface area contributed by atoms with Crippen LogP contribution in [0.1, 0.15) is 38.8 Å². The predicted molar refractivity (Wildman–Crippen MR) is 69.6 cm³/mol. The molecule has 0 aromatic carbocycles. The summed E-state index contributed by atoms with van der Waals surface area (Å²) in [6, 6.07) is 4.03. The largest absolute Gasteiger partial charge is 0.359 e. The third-order valence-corrected chi connectivity index (χ3v) is 2.71. The Morgan fingerprint density at radius 3 is 2.62 bits per heavy atom. The molecule has 1 rings (SSSR count). The maximum Gasteiger partial charge on any atom is 0.133 e. The van der Waals surface area contributed by atoms with Crippen molar-refractivity contribution in [1.82, 2.24) is 4.98 Å². The molecule has 0 amide bonds. The molecular weight excluding hydrogens is 198 g/mol. The number of anilines is 1. The molecular formula is C13H23N3. The van der Waals surface area contributed by atoms with E-state index in [1.165, 1.54) is 6.42 Å². The molecule has 1 unspecified atom stereocenters. The van der Waals surface area contributed by atoms with Crippen LogP contribution >= 0.6 is 0 Å². The van der Waals surface area contributed by atoms with E-state index in [-0.39, 0.29) is 6.04 Å². The van der Waals surface area contributed by atoms with Gasteiger partial charge in [-0.1, -0.05) is 19.9 Å². The number of rotatable bonds is 5. The van der Waals surface area contributed by atoms with Gasteiger partial charge in [0, 0.05) is 31.4 Å². The Morgan fingerprint density at radius 2 is 2.06 bits per heavy atom. The van der Waals surface area contributed by atoms with E-state index >= 15 is 0 Å². The van der Waals surface area contributed by atoms with Gasteiger partial charge in [-0.05, 0) is 25.3 Å². The number of nitrogens with two attached hydrogens (primary N) is 1. The lowest BCUT2D eigenvalue weighted by Gasteiger charge is -2.23. The number of hydrogen-bond donors (Lipinski definition) is 1. The Balaban J connectivity index is 2.77. The van der Waals surface area contributed by atoms with Crippen LogP contribution in [-0.4, -0.2) is 18.6 Å². The van der Waals surface area contributed by atoms with Gasteiger partial charge in [-0.3, -0.25) is 0 Å². The molecule has 16 heavy (non-hydrogen) atoms. The van der Waals surface area contributed by atoms with Crippen LogP contribution in [0.2, 0.25) is 0 Å². The molecule has 1 atom stereocenters. The van der Waals surface area contributed by atoms with Crippen molar-refractivity contribution in [3.05, 3.63) is 23.9 Å². The van der Waals surface area contributed by atoms with E-state index in [1.54, 1.807) is 0 Å². The average molecular weight is 221 g/mol. The predicted octanol–water partition coefficient (Wildman–Crippen LogP) is 2.58. The summed E-state index contributed by atoms with van der Waals surface area (Å²) in [7, 11) is 2.08. The first-order chi connectivity index (χ1) is 7.52. The monoisotopic (exact) mass is 221 g/mol. The van der Waals surface area contributed by atoms with E-state index in [2.05, 4.69) is 36.8 Å². The highest BCUT2D eigenvalue weighted by molar-refractivity contribution is 5.47. The Bertz CT molecular complexity index is 321. The summed E-state index contributed by atoms with van der Waals surface area (Å²) in [5, 5.41) is 0. The molecule has 0 aliphatic rings. The normalized spacial score (nSPS) is 12.9. The van der Waals surface area contributed by atoms with Crippen LogP contribution in [0.15, 0.2) is 18.3 Å². The maximum atomic E-state index is 5.94. The fourth-order valence-corrected chi connectivity index (χ4v) is 1.64. The van der Waals surface area contributed by atoms with Crippen LogP contribution in [0.5, 0.6) is 0 Å². The van der Waals surface area contributed by atoms with Crippen LogP contribution in [0.25, 0.3) is 0 Å². The third-order valence-electron chi connectivity index (χ3n) is 2.71. The van der Waals surface area contributed by atoms with E-state index in [1.807, 2.05) is 19.2 Å². The topological polar surface area (TPSA) is 42.2 Å². The van der Waals surface area contributed by atoms with Crippen molar-refractivity contribution in [3.8, 4) is 0 Å². The second kappa shape index (κ2) is 5.85. The smallest absolute Gasteiger partial charge is 0.133 e. The summed E-state index contributed by atoms with van der Waals surface area (Å²) in [6.07, 6.45) is 3.00. The summed E-state index contributed by atoms with van der Waals surface area (Å²) in [5.74, 6) is 1.73. The number of hydrogen-bond acceptors (Lipinski definition) is 3. The molecule has 0 saturated heterocycles. The Kier molecular flexibility index (Phi) is 4.74. The minimum absolute atomic E-state index is 0.0326. The SMILES string of the molecule is CC(C)CCN(C)c1ncccc1C(C)N. The zero-order valence-corrected chi connectivity index (χ0v) is 10.8. The fraction of sp³-hybridized carbons (Fsp3) is 0.615. The van der Waals surface area contributed by atoms with Crippen molar-refractivity contribution >= 4 is 5.82 Å². The third kappa shape index (κ3) is 3.49. The minimum Gasteiger partial charge on any atom is -0.359 e. The molecule has 0 fully saturated rings. The van der Waals surface area contributed by atoms with Gasteiger partial charge in [-0.15, -0.1) is 0 Å². The molecule has 1 heterocycles. The van der Waals surface area contributed by atoms with Crippen molar-refractivity contribution in [2.24, 2.45) is 11.7 Å². The molecule has 0 aliphatic carbocycles. The molecule has 1 aromatic heterocycles. The fourth-order valence-electron chi connectivity index (χ4n) is 1.64. The molecule has 3 nitrogen and oxygen atoms in total. The molecule has 1 aromatic rings. The van der Waals surface area contributed by atoms with Gasteiger partial charge in [-0.25, -0.2) is 4.98 Å². The Morgan fingerprint density at radius 1 is 1.38 bits per heavy atom. The standard InChI is InChI=1S/C13H23N3/c1-10(2)7-9-16(4)13-12(11(3)14)6-5-8-15-13/h5-6,8,10-11H,7,9,14H2,1-4H3. The van der Waals surface area contributed by atoms with Crippen LogP contribution < -0.4 is 10.6 Å². The molecule has 2 N–H and O–H groups in total. The summed E-state index contributed by atoms with van der Waals surface area (Å²) in [4.78, 5) is 6.62. The van der Waals surface area contributed by atoms with Gasteiger partial charge in [-0.2, -0.15) is 0 Å². The van der Waals surface area contributed by atoms with Crippen molar-refractivity contribution in [2.75, 3.05) is 18.5 Å². The van der Waals surface area contributed by atoms with Crippen LogP contribution in [0, 0.1) is 5.92 Å². The Labute approximate surface area is 98.7 Å². The molecule has 0 saturated carbocycles. The second-order valence-electron chi connectivity index (χ2n) is 4.81. The van der Waals surface area contributed by atoms with Gasteiger partial charge in [0.25, 0.3) is 0 Å². The number of aromatic nitrogens is 1. The van der Waals surface area contributed by atoms with Gasteiger partial charge in [0.1, 0.15) is 5.82 Å². The van der Waals surface area contributed by atoms with Gasteiger partial charge in [0.05, 0.1) is 0 Å². The summed E-state index contributed by atoms with van der Waals surface area (Å²) in [6.45, 7) is 7.49. The lowest BCUT2D eigenvalue weighted by molar-refractivity contribution is 0.582. The van der Waals surface area contributed by atoms with Crippen molar-refractivity contribution < 1.29 is 0 Å². The summed E-state index contributed by atoms with van der Waals surface area (Å²) < 4.78 is 0. The number of nitrogens with zero attached hydrogens (tertiary/aromatic N) is 2. The van der Waals surface area contributed by atoms with E-state index in [9.17, 15) is 0 Å². The highest BCUT2D eigenvalue weighted by atomic mass is 15.2. The van der Waals surface area contributed by atoms with E-state index in [0.717, 1.165) is 17.9 Å². The molecule has 90 valence electrons. The van der Waals surface area contributed by atoms with Gasteiger partial charge >= 0.3 is 0 Å². The highest BCUT2D eigenvalue weighted by Crippen LogP contribution is 2.21. The first-order valence-electron chi connectivity index (χ1n) is 5.94. The first-order valence-corrected chi connectivity index (χ1v) is 5.94. The van der Waals surface area contributed by atoms with Crippen LogP contribution in [0.4, 0.5) is 5.82 Å². The van der Waals surface area contributed by atoms with E-state index < -0.39 is 0 Å². The Hall–Kier alpha value is -1.09. The minimum atomic E-state index is 0.0326. The van der Waals surface area contributed by atoms with Crippen molar-refractivity contribution in [3.63, 3.8) is 0 Å². The number of pyridine rings is 1. The lowest BCUT2D eigenvalue weighted by Crippen LogP contribution is -2.23. The van der Waals surface area contributed by atoms with Gasteiger partial charge in [0.15, 0.2) is 0 Å². The van der Waals surface area contributed by atoms with E-state index in [4.69, 9.17) is 5.73 Å². The van der Waals surface area contributed by atoms with Crippen molar-refractivity contribution in [2.45, 2.75) is 33.2 Å². The second-order valence-corrected chi connectivity index (χ2v) is 4.81. The maximum absolute atomic E-state index is 5.94. The zero-order valence-electron chi connectivity index (χ0n) is 10.8. The zero-order chi connectivity index (χ0) is 12.1. The van der Waals surface area contributed by atoms with Crippen molar-refractivity contribution in [1.29, 1.82) is 0 Å². The molecule has 0 spiro atoms.